The molecular weight excluding hydrogens is 447 g/mol. The molecule has 0 aromatic rings. The molecule has 0 aromatic heterocycles. The minimum Gasteiger partial charge on any atom is -0.450 e. The maximum atomic E-state index is 13.1. The Bertz CT molecular complexity index is 880. The zero-order valence-corrected chi connectivity index (χ0v) is 19.8. The molecule has 1 amide bonds. The summed E-state index contributed by atoms with van der Waals surface area (Å²) in [5.74, 6) is -2.19. The molecule has 1 N–H and O–H groups in total. The summed E-state index contributed by atoms with van der Waals surface area (Å²) in [6.45, 7) is 3.58. The number of esters is 1. The van der Waals surface area contributed by atoms with Crippen LogP contribution >= 0.6 is 0 Å². The van der Waals surface area contributed by atoms with Crippen LogP contribution in [0.25, 0.3) is 0 Å². The average Bonchev–Trinajstić information content (AvgIpc) is 3.06. The average molecular weight is 482 g/mol. The molecule has 1 unspecified atom stereocenters. The highest BCUT2D eigenvalue weighted by molar-refractivity contribution is 6.07. The number of allylic oxidation sites excluding steroid dienone is 2. The Kier molecular flexibility index (Phi) is 7.50. The lowest BCUT2D eigenvalue weighted by molar-refractivity contribution is -0.171. The highest BCUT2D eigenvalue weighted by Gasteiger charge is 2.51. The number of nitrogens with zero attached hydrogens (tertiary/aromatic N) is 2. The third-order valence-electron chi connectivity index (χ3n) is 7.71. The fourth-order valence-electron chi connectivity index (χ4n) is 5.77. The Morgan fingerprint density at radius 1 is 1.24 bits per heavy atom. The minimum absolute atomic E-state index is 0.0268. The molecule has 6 nitrogen and oxygen atoms in total. The molecule has 2 fully saturated rings. The normalized spacial score (nSPS) is 27.5. The van der Waals surface area contributed by atoms with Crippen molar-refractivity contribution in [1.82, 2.24) is 10.2 Å². The number of aliphatic imine (C=N–C) groups is 1. The van der Waals surface area contributed by atoms with Gasteiger partial charge < -0.3 is 15.0 Å². The molecule has 2 aliphatic carbocycles. The highest BCUT2D eigenvalue weighted by Crippen LogP contribution is 2.42. The summed E-state index contributed by atoms with van der Waals surface area (Å²) in [5.41, 5.74) is 0.263. The summed E-state index contributed by atoms with van der Waals surface area (Å²) in [6.07, 6.45) is 6.13. The molecule has 1 saturated carbocycles. The van der Waals surface area contributed by atoms with E-state index in [1.165, 1.54) is 38.2 Å². The maximum Gasteiger partial charge on any atom is 0.392 e. The Morgan fingerprint density at radius 3 is 2.62 bits per heavy atom. The zero-order valence-electron chi connectivity index (χ0n) is 19.8. The topological polar surface area (TPSA) is 71.0 Å². The largest absolute Gasteiger partial charge is 0.450 e. The van der Waals surface area contributed by atoms with E-state index in [-0.39, 0.29) is 31.8 Å². The van der Waals surface area contributed by atoms with E-state index in [0.717, 1.165) is 13.1 Å². The number of carbonyl (C=O) groups is 2. The third-order valence-corrected chi connectivity index (χ3v) is 7.71. The van der Waals surface area contributed by atoms with E-state index in [1.807, 2.05) is 0 Å². The number of likely N-dealkylation sites (tertiary alicyclic amines) is 1. The van der Waals surface area contributed by atoms with Crippen LogP contribution in [0.5, 0.6) is 0 Å². The van der Waals surface area contributed by atoms with Gasteiger partial charge in [-0.05, 0) is 32.3 Å². The van der Waals surface area contributed by atoms with Crippen molar-refractivity contribution in [2.24, 2.45) is 10.9 Å². The van der Waals surface area contributed by atoms with Crippen molar-refractivity contribution in [1.29, 1.82) is 0 Å². The molecule has 34 heavy (non-hydrogen) atoms. The lowest BCUT2D eigenvalue weighted by atomic mass is 9.81. The monoisotopic (exact) mass is 481 g/mol. The molecule has 9 heteroatoms. The molecule has 2 heterocycles. The van der Waals surface area contributed by atoms with Gasteiger partial charge in [0.05, 0.1) is 18.0 Å². The van der Waals surface area contributed by atoms with Gasteiger partial charge in [-0.2, -0.15) is 13.2 Å². The van der Waals surface area contributed by atoms with Gasteiger partial charge in [0.2, 0.25) is 0 Å². The fourth-order valence-corrected chi connectivity index (χ4v) is 5.77. The molecule has 1 atom stereocenters. The number of ether oxygens (including phenoxy) is 1. The molecule has 1 saturated heterocycles. The lowest BCUT2D eigenvalue weighted by Gasteiger charge is -2.43. The Balaban J connectivity index is 1.33. The molecule has 4 aliphatic rings. The van der Waals surface area contributed by atoms with Gasteiger partial charge in [-0.1, -0.05) is 25.3 Å². The van der Waals surface area contributed by atoms with Crippen LogP contribution in [-0.2, 0) is 14.3 Å². The summed E-state index contributed by atoms with van der Waals surface area (Å²) in [4.78, 5) is 32.2. The number of rotatable bonds is 5. The predicted molar refractivity (Wildman–Crippen MR) is 122 cm³/mol. The van der Waals surface area contributed by atoms with Crippen molar-refractivity contribution < 1.29 is 27.5 Å². The van der Waals surface area contributed by atoms with Crippen molar-refractivity contribution >= 4 is 17.6 Å². The van der Waals surface area contributed by atoms with Crippen LogP contribution in [0.2, 0.25) is 0 Å². The van der Waals surface area contributed by atoms with Gasteiger partial charge in [-0.15, -0.1) is 0 Å². The smallest absolute Gasteiger partial charge is 0.392 e. The van der Waals surface area contributed by atoms with Crippen LogP contribution in [0.4, 0.5) is 13.2 Å². The van der Waals surface area contributed by atoms with Gasteiger partial charge in [-0.25, -0.2) is 4.79 Å². The lowest BCUT2D eigenvalue weighted by Crippen LogP contribution is -2.51. The Morgan fingerprint density at radius 2 is 1.94 bits per heavy atom. The second kappa shape index (κ2) is 10.2. The molecule has 2 aliphatic heterocycles. The van der Waals surface area contributed by atoms with E-state index < -0.39 is 23.7 Å². The summed E-state index contributed by atoms with van der Waals surface area (Å²) in [5, 5.41) is 2.81. The second-order valence-corrected chi connectivity index (χ2v) is 9.92. The van der Waals surface area contributed by atoms with E-state index >= 15 is 0 Å². The zero-order chi connectivity index (χ0) is 24.3. The molecular formula is C25H34F3N3O3. The van der Waals surface area contributed by atoms with E-state index in [1.54, 1.807) is 13.0 Å². The molecule has 188 valence electrons. The van der Waals surface area contributed by atoms with Crippen molar-refractivity contribution in [3.8, 4) is 0 Å². The number of halogens is 3. The molecule has 0 bridgehead atoms. The second-order valence-electron chi connectivity index (χ2n) is 9.92. The SMILES string of the molecule is CC1=C(C(=O)NCCN=C2C=CCC(C(F)(F)F)C2)C2(CCN(C3CCCCC3)CC2)OC1=O. The van der Waals surface area contributed by atoms with E-state index in [4.69, 9.17) is 4.74 Å². The minimum atomic E-state index is -4.24. The number of hydrogen-bond donors (Lipinski definition) is 1. The van der Waals surface area contributed by atoms with E-state index in [9.17, 15) is 22.8 Å². The highest BCUT2D eigenvalue weighted by atomic mass is 19.4. The summed E-state index contributed by atoms with van der Waals surface area (Å²) in [6, 6.07) is 0.579. The summed E-state index contributed by atoms with van der Waals surface area (Å²) < 4.78 is 44.7. The number of piperidine rings is 1. The van der Waals surface area contributed by atoms with Crippen LogP contribution in [-0.4, -0.2) is 66.5 Å². The van der Waals surface area contributed by atoms with Crippen LogP contribution in [0.15, 0.2) is 28.3 Å². The number of carbonyl (C=O) groups excluding carboxylic acids is 2. The Hall–Kier alpha value is -2.16. The molecule has 1 spiro atoms. The van der Waals surface area contributed by atoms with Gasteiger partial charge in [0.15, 0.2) is 0 Å². The summed E-state index contributed by atoms with van der Waals surface area (Å²) >= 11 is 0. The van der Waals surface area contributed by atoms with Gasteiger partial charge >= 0.3 is 12.1 Å². The number of hydrogen-bond acceptors (Lipinski definition) is 5. The first kappa shape index (κ1) is 24.9. The van der Waals surface area contributed by atoms with Crippen LogP contribution in [0.3, 0.4) is 0 Å². The first-order chi connectivity index (χ1) is 16.2. The standard InChI is InChI=1S/C25H34F3N3O3/c1-17-21(22(32)30-13-12-29-19-7-5-6-18(16-19)25(26,27)28)24(34-23(17)33)10-14-31(15-11-24)20-8-3-2-4-9-20/h5,7,18,20H,2-4,6,8-16H2,1H3,(H,30,32). The fraction of sp³-hybridized carbons (Fsp3) is 0.720. The number of amides is 1. The van der Waals surface area contributed by atoms with E-state index in [0.29, 0.717) is 35.7 Å². The third kappa shape index (κ3) is 5.39. The predicted octanol–water partition coefficient (Wildman–Crippen LogP) is 4.11. The van der Waals surface area contributed by atoms with Crippen LogP contribution < -0.4 is 5.32 Å². The van der Waals surface area contributed by atoms with Crippen LogP contribution in [0, 0.1) is 5.92 Å². The Labute approximate surface area is 198 Å². The number of alkyl halides is 3. The molecule has 0 aromatic carbocycles. The van der Waals surface area contributed by atoms with Crippen molar-refractivity contribution in [2.75, 3.05) is 26.2 Å². The van der Waals surface area contributed by atoms with E-state index in [2.05, 4.69) is 15.2 Å². The number of nitrogens with one attached hydrogen (secondary N) is 1. The first-order valence-electron chi connectivity index (χ1n) is 12.4. The quantitative estimate of drug-likeness (QED) is 0.474. The van der Waals surface area contributed by atoms with Gasteiger partial charge in [0.25, 0.3) is 5.91 Å². The summed E-state index contributed by atoms with van der Waals surface area (Å²) in [7, 11) is 0. The van der Waals surface area contributed by atoms with Gasteiger partial charge in [-0.3, -0.25) is 9.79 Å². The van der Waals surface area contributed by atoms with Crippen molar-refractivity contribution in [3.63, 3.8) is 0 Å². The maximum absolute atomic E-state index is 13.1. The van der Waals surface area contributed by atoms with Gasteiger partial charge in [0, 0.05) is 56.2 Å². The van der Waals surface area contributed by atoms with Gasteiger partial charge in [0.1, 0.15) is 5.60 Å². The molecule has 4 rings (SSSR count). The molecule has 0 radical (unpaired) electrons. The van der Waals surface area contributed by atoms with Crippen LogP contribution in [0.1, 0.15) is 64.7 Å². The first-order valence-corrected chi connectivity index (χ1v) is 12.4. The van der Waals surface area contributed by atoms with Crippen molar-refractivity contribution in [2.45, 2.75) is 82.5 Å². The van der Waals surface area contributed by atoms with Crippen molar-refractivity contribution in [3.05, 3.63) is 23.3 Å².